The minimum atomic E-state index is -3.24. The molecule has 0 saturated carbocycles. The second kappa shape index (κ2) is 4.20. The van der Waals surface area contributed by atoms with Crippen molar-refractivity contribution in [3.8, 4) is 0 Å². The van der Waals surface area contributed by atoms with Crippen LogP contribution in [0.4, 0.5) is 8.78 Å². The number of aliphatic hydroxyl groups is 1. The second-order valence-electron chi connectivity index (χ2n) is 2.01. The third-order valence-electron chi connectivity index (χ3n) is 0.891. The fourth-order valence-corrected chi connectivity index (χ4v) is 0.408. The van der Waals surface area contributed by atoms with E-state index in [2.05, 4.69) is 0 Å². The molecule has 0 radical (unpaired) electrons. The van der Waals surface area contributed by atoms with E-state index in [1.54, 1.807) is 0 Å². The first-order valence-electron chi connectivity index (χ1n) is 2.89. The highest BCUT2D eigenvalue weighted by Gasteiger charge is 2.26. The Kier molecular flexibility index (Phi) is 3.91. The lowest BCUT2D eigenvalue weighted by Gasteiger charge is -2.12. The van der Waals surface area contributed by atoms with E-state index in [1.807, 2.05) is 5.32 Å². The summed E-state index contributed by atoms with van der Waals surface area (Å²) in [5.41, 5.74) is 0. The number of aliphatic hydroxyl groups excluding tert-OH is 1. The molecule has 66 valence electrons. The van der Waals surface area contributed by atoms with Gasteiger partial charge in [0, 0.05) is 0 Å². The molecule has 0 aromatic rings. The van der Waals surface area contributed by atoms with Crippen LogP contribution in [0.15, 0.2) is 0 Å². The van der Waals surface area contributed by atoms with Crippen molar-refractivity contribution in [3.05, 3.63) is 0 Å². The van der Waals surface area contributed by atoms with E-state index in [1.165, 1.54) is 0 Å². The van der Waals surface area contributed by atoms with Gasteiger partial charge in [0.05, 0.1) is 13.1 Å². The molecule has 0 unspecified atom stereocenters. The van der Waals surface area contributed by atoms with Crippen LogP contribution in [0.25, 0.3) is 0 Å². The highest BCUT2D eigenvalue weighted by atomic mass is 19.3. The normalized spacial score (nSPS) is 11.5. The van der Waals surface area contributed by atoms with Crippen LogP contribution in [0, 0.1) is 0 Å². The van der Waals surface area contributed by atoms with Crippen molar-refractivity contribution in [3.63, 3.8) is 0 Å². The van der Waals surface area contributed by atoms with Gasteiger partial charge in [-0.15, -0.1) is 0 Å². The molecule has 0 fully saturated rings. The molecule has 0 atom stereocenters. The molecular formula is C5H9F2NO3. The number of hydrogen-bond acceptors (Lipinski definition) is 3. The lowest BCUT2D eigenvalue weighted by molar-refractivity contribution is -0.136. The lowest BCUT2D eigenvalue weighted by Crippen LogP contribution is -2.38. The summed E-state index contributed by atoms with van der Waals surface area (Å²) in [6.07, 6.45) is 0. The number of nitrogens with one attached hydrogen (secondary N) is 1. The number of aliphatic carboxylic acids is 1. The summed E-state index contributed by atoms with van der Waals surface area (Å²) in [4.78, 5) is 9.80. The van der Waals surface area contributed by atoms with Gasteiger partial charge in [-0.1, -0.05) is 0 Å². The number of alkyl halides is 2. The maximum absolute atomic E-state index is 12.1. The number of carboxylic acids is 1. The molecule has 6 heteroatoms. The van der Waals surface area contributed by atoms with Gasteiger partial charge in [-0.25, -0.2) is 8.78 Å². The first-order chi connectivity index (χ1) is 4.98. The highest BCUT2D eigenvalue weighted by molar-refractivity contribution is 5.68. The van der Waals surface area contributed by atoms with Gasteiger partial charge < -0.3 is 15.5 Å². The first-order valence-corrected chi connectivity index (χ1v) is 2.89. The molecular weight excluding hydrogens is 160 g/mol. The molecule has 0 rings (SSSR count). The molecule has 3 N–H and O–H groups in total. The van der Waals surface area contributed by atoms with Crippen molar-refractivity contribution >= 4 is 5.97 Å². The molecule has 11 heavy (non-hydrogen) atoms. The molecule has 0 aliphatic rings. The molecule has 0 aliphatic carbocycles. The number of hydrogen-bond donors (Lipinski definition) is 3. The SMILES string of the molecule is O=C(O)CNCC(F)(F)CO. The summed E-state index contributed by atoms with van der Waals surface area (Å²) in [5.74, 6) is -4.45. The summed E-state index contributed by atoms with van der Waals surface area (Å²) in [6, 6.07) is 0. The van der Waals surface area contributed by atoms with E-state index < -0.39 is 31.6 Å². The Morgan fingerprint density at radius 3 is 2.45 bits per heavy atom. The van der Waals surface area contributed by atoms with Gasteiger partial charge in [0.15, 0.2) is 0 Å². The van der Waals surface area contributed by atoms with E-state index in [9.17, 15) is 13.6 Å². The van der Waals surface area contributed by atoms with Crippen LogP contribution in [0.5, 0.6) is 0 Å². The number of rotatable bonds is 5. The monoisotopic (exact) mass is 169 g/mol. The van der Waals surface area contributed by atoms with Crippen molar-refractivity contribution in [2.45, 2.75) is 5.92 Å². The van der Waals surface area contributed by atoms with Gasteiger partial charge in [-0.3, -0.25) is 4.79 Å². The van der Waals surface area contributed by atoms with Gasteiger partial charge in [0.1, 0.15) is 6.61 Å². The zero-order chi connectivity index (χ0) is 8.91. The van der Waals surface area contributed by atoms with Crippen molar-refractivity contribution in [1.82, 2.24) is 5.32 Å². The molecule has 0 saturated heterocycles. The average molecular weight is 169 g/mol. The minimum Gasteiger partial charge on any atom is -0.480 e. The lowest BCUT2D eigenvalue weighted by atomic mass is 10.3. The summed E-state index contributed by atoms with van der Waals surface area (Å²) < 4.78 is 24.2. The van der Waals surface area contributed by atoms with Gasteiger partial charge in [-0.05, 0) is 0 Å². The fourth-order valence-electron chi connectivity index (χ4n) is 0.408. The summed E-state index contributed by atoms with van der Waals surface area (Å²) in [7, 11) is 0. The summed E-state index contributed by atoms with van der Waals surface area (Å²) in [6.45, 7) is -2.63. The van der Waals surface area contributed by atoms with Crippen LogP contribution in [-0.2, 0) is 4.79 Å². The van der Waals surface area contributed by atoms with Crippen molar-refractivity contribution < 1.29 is 23.8 Å². The van der Waals surface area contributed by atoms with E-state index in [0.717, 1.165) is 0 Å². The molecule has 0 heterocycles. The molecule has 0 aliphatic heterocycles. The fraction of sp³-hybridized carbons (Fsp3) is 0.800. The Balaban J connectivity index is 3.45. The molecule has 0 bridgehead atoms. The van der Waals surface area contributed by atoms with Gasteiger partial charge in [-0.2, -0.15) is 0 Å². The molecule has 0 aromatic heterocycles. The van der Waals surface area contributed by atoms with Crippen molar-refractivity contribution in [2.24, 2.45) is 0 Å². The maximum Gasteiger partial charge on any atom is 0.317 e. The predicted octanol–water partition coefficient (Wildman–Crippen LogP) is -0.712. The van der Waals surface area contributed by atoms with Crippen LogP contribution in [-0.4, -0.2) is 41.8 Å². The third-order valence-corrected chi connectivity index (χ3v) is 0.891. The predicted molar refractivity (Wildman–Crippen MR) is 32.5 cm³/mol. The minimum absolute atomic E-state index is 0.532. The zero-order valence-corrected chi connectivity index (χ0v) is 5.68. The number of carboxylic acid groups (broad SMARTS) is 1. The zero-order valence-electron chi connectivity index (χ0n) is 5.68. The Morgan fingerprint density at radius 1 is 1.55 bits per heavy atom. The number of carbonyl (C=O) groups is 1. The first kappa shape index (κ1) is 10.2. The summed E-state index contributed by atoms with van der Waals surface area (Å²) in [5, 5.41) is 18.0. The third kappa shape index (κ3) is 5.68. The number of halogens is 2. The van der Waals surface area contributed by atoms with Gasteiger partial charge in [0.25, 0.3) is 5.92 Å². The average Bonchev–Trinajstić information content (AvgIpc) is 1.87. The van der Waals surface area contributed by atoms with E-state index in [4.69, 9.17) is 10.2 Å². The van der Waals surface area contributed by atoms with Crippen LogP contribution in [0.3, 0.4) is 0 Å². The molecule has 0 amide bonds. The van der Waals surface area contributed by atoms with E-state index >= 15 is 0 Å². The van der Waals surface area contributed by atoms with E-state index in [-0.39, 0.29) is 0 Å². The topological polar surface area (TPSA) is 69.6 Å². The Bertz CT molecular complexity index is 140. The quantitative estimate of drug-likeness (QED) is 0.508. The highest BCUT2D eigenvalue weighted by Crippen LogP contribution is 2.09. The Hall–Kier alpha value is -0.750. The molecule has 4 nitrogen and oxygen atoms in total. The largest absolute Gasteiger partial charge is 0.480 e. The Labute approximate surface area is 61.8 Å². The maximum atomic E-state index is 12.1. The van der Waals surface area contributed by atoms with Crippen LogP contribution < -0.4 is 5.32 Å². The van der Waals surface area contributed by atoms with Crippen LogP contribution in [0.2, 0.25) is 0 Å². The van der Waals surface area contributed by atoms with Crippen LogP contribution in [0.1, 0.15) is 0 Å². The van der Waals surface area contributed by atoms with Gasteiger partial charge >= 0.3 is 5.97 Å². The molecule has 0 aromatic carbocycles. The summed E-state index contributed by atoms with van der Waals surface area (Å²) >= 11 is 0. The van der Waals surface area contributed by atoms with Crippen molar-refractivity contribution in [1.29, 1.82) is 0 Å². The smallest absolute Gasteiger partial charge is 0.317 e. The van der Waals surface area contributed by atoms with E-state index in [0.29, 0.717) is 0 Å². The second-order valence-corrected chi connectivity index (χ2v) is 2.01. The molecule has 0 spiro atoms. The Morgan fingerprint density at radius 2 is 2.09 bits per heavy atom. The van der Waals surface area contributed by atoms with Crippen LogP contribution >= 0.6 is 0 Å². The van der Waals surface area contributed by atoms with Crippen molar-refractivity contribution in [2.75, 3.05) is 19.7 Å². The standard InChI is InChI=1S/C5H9F2NO3/c6-5(7,3-9)2-8-1-4(10)11/h8-9H,1-3H2,(H,10,11). The van der Waals surface area contributed by atoms with Gasteiger partial charge in [0.2, 0.25) is 0 Å².